The Morgan fingerprint density at radius 2 is 1.20 bits per heavy atom. The molecule has 0 heterocycles. The molecule has 0 aromatic rings. The third kappa shape index (κ3) is 14.0. The van der Waals surface area contributed by atoms with Crippen LogP contribution in [-0.2, 0) is 15.1 Å². The third-order valence-electron chi connectivity index (χ3n) is 4.41. The highest BCUT2D eigenvalue weighted by molar-refractivity contribution is 7.84. The monoisotopic (exact) mass is 375 g/mol. The first kappa shape index (κ1) is 24.1. The molecule has 0 spiro atoms. The highest BCUT2D eigenvalue weighted by Gasteiger charge is 2.22. The van der Waals surface area contributed by atoms with Crippen molar-refractivity contribution in [2.24, 2.45) is 0 Å². The number of carbonyl (C=O) groups excluding carboxylic acids is 1. The number of unbranched alkanes of at least 4 members (excludes halogenated alkanes) is 13. The number of nitrogens with zero attached hydrogens (tertiary/aromatic N) is 1. The summed E-state index contributed by atoms with van der Waals surface area (Å²) >= 11 is 0. The van der Waals surface area contributed by atoms with Crippen LogP contribution in [-0.4, -0.2) is 29.7 Å². The molecule has 0 atom stereocenters. The van der Waals surface area contributed by atoms with Gasteiger partial charge in [-0.1, -0.05) is 97.0 Å². The van der Waals surface area contributed by atoms with Crippen molar-refractivity contribution in [1.82, 2.24) is 4.31 Å². The highest BCUT2D eigenvalue weighted by Crippen LogP contribution is 2.13. The molecule has 1 N–H and O–H groups in total. The normalized spacial score (nSPS) is 11.4. The van der Waals surface area contributed by atoms with Crippen molar-refractivity contribution in [3.05, 3.63) is 12.7 Å². The minimum Gasteiger partial charge on any atom is -0.269 e. The quantitative estimate of drug-likeness (QED) is 0.213. The highest BCUT2D eigenvalue weighted by atomic mass is 32.2. The molecule has 148 valence electrons. The lowest BCUT2D eigenvalue weighted by Crippen LogP contribution is -2.35. The van der Waals surface area contributed by atoms with Gasteiger partial charge < -0.3 is 0 Å². The molecule has 0 aliphatic rings. The molecular weight excluding hydrogens is 338 g/mol. The lowest BCUT2D eigenvalue weighted by molar-refractivity contribution is -0.121. The predicted molar refractivity (Wildman–Crippen MR) is 104 cm³/mol. The molecule has 0 rings (SSSR count). The van der Waals surface area contributed by atoms with Crippen molar-refractivity contribution < 1.29 is 17.8 Å². The molecule has 0 unspecified atom stereocenters. The van der Waals surface area contributed by atoms with Crippen molar-refractivity contribution >= 4 is 16.2 Å². The molecule has 6 heteroatoms. The van der Waals surface area contributed by atoms with Crippen molar-refractivity contribution in [2.45, 2.75) is 96.8 Å². The first-order valence-corrected chi connectivity index (χ1v) is 11.2. The van der Waals surface area contributed by atoms with Gasteiger partial charge in [0, 0.05) is 6.54 Å². The van der Waals surface area contributed by atoms with Gasteiger partial charge in [-0.3, -0.25) is 9.35 Å². The molecule has 0 aromatic carbocycles. The zero-order valence-electron chi connectivity index (χ0n) is 15.9. The SMILES string of the molecule is C=CC(=O)N(CCCCCCCCCCCCCCCC)S(=O)(=O)O. The maximum Gasteiger partial charge on any atom is 0.362 e. The smallest absolute Gasteiger partial charge is 0.269 e. The fraction of sp³-hybridized carbons (Fsp3) is 0.842. The van der Waals surface area contributed by atoms with E-state index in [9.17, 15) is 13.2 Å². The molecule has 0 aliphatic carbocycles. The van der Waals surface area contributed by atoms with E-state index in [-0.39, 0.29) is 6.54 Å². The Morgan fingerprint density at radius 1 is 0.840 bits per heavy atom. The van der Waals surface area contributed by atoms with Gasteiger partial charge in [0.15, 0.2) is 0 Å². The van der Waals surface area contributed by atoms with Gasteiger partial charge in [0.1, 0.15) is 0 Å². The molecule has 0 saturated heterocycles. The Morgan fingerprint density at radius 3 is 1.52 bits per heavy atom. The van der Waals surface area contributed by atoms with Gasteiger partial charge in [-0.05, 0) is 12.5 Å². The van der Waals surface area contributed by atoms with E-state index in [1.807, 2.05) is 0 Å². The van der Waals surface area contributed by atoms with Crippen LogP contribution in [0.25, 0.3) is 0 Å². The zero-order valence-corrected chi connectivity index (χ0v) is 16.7. The van der Waals surface area contributed by atoms with Crippen LogP contribution in [0.15, 0.2) is 12.7 Å². The Bertz CT molecular complexity index is 448. The summed E-state index contributed by atoms with van der Waals surface area (Å²) in [6, 6.07) is 0. The summed E-state index contributed by atoms with van der Waals surface area (Å²) in [5.41, 5.74) is 0. The van der Waals surface area contributed by atoms with E-state index in [1.165, 1.54) is 64.2 Å². The fourth-order valence-corrected chi connectivity index (χ4v) is 3.55. The molecule has 5 nitrogen and oxygen atoms in total. The summed E-state index contributed by atoms with van der Waals surface area (Å²) in [6.07, 6.45) is 17.7. The third-order valence-corrected chi connectivity index (χ3v) is 5.33. The molecule has 25 heavy (non-hydrogen) atoms. The maximum absolute atomic E-state index is 11.4. The molecule has 0 fully saturated rings. The van der Waals surface area contributed by atoms with Crippen LogP contribution < -0.4 is 0 Å². The number of hydrogen-bond acceptors (Lipinski definition) is 3. The van der Waals surface area contributed by atoms with Gasteiger partial charge in [-0.15, -0.1) is 0 Å². The molecule has 0 aliphatic heterocycles. The summed E-state index contributed by atoms with van der Waals surface area (Å²) in [7, 11) is -4.48. The van der Waals surface area contributed by atoms with E-state index in [1.54, 1.807) is 0 Å². The van der Waals surface area contributed by atoms with E-state index in [2.05, 4.69) is 13.5 Å². The van der Waals surface area contributed by atoms with E-state index in [4.69, 9.17) is 4.55 Å². The molecule has 0 saturated carbocycles. The second-order valence-electron chi connectivity index (χ2n) is 6.69. The summed E-state index contributed by atoms with van der Waals surface area (Å²) in [6.45, 7) is 5.50. The van der Waals surface area contributed by atoms with Crippen molar-refractivity contribution in [2.75, 3.05) is 6.54 Å². The second-order valence-corrected chi connectivity index (χ2v) is 8.02. The van der Waals surface area contributed by atoms with Crippen molar-refractivity contribution in [1.29, 1.82) is 0 Å². The number of rotatable bonds is 17. The van der Waals surface area contributed by atoms with Crippen LogP contribution in [0, 0.1) is 0 Å². The molecule has 0 bridgehead atoms. The van der Waals surface area contributed by atoms with Crippen LogP contribution in [0.5, 0.6) is 0 Å². The Balaban J connectivity index is 3.49. The average Bonchev–Trinajstić information content (AvgIpc) is 2.56. The predicted octanol–water partition coefficient (Wildman–Crippen LogP) is 5.29. The van der Waals surface area contributed by atoms with Crippen LogP contribution in [0.4, 0.5) is 0 Å². The maximum atomic E-state index is 11.4. The summed E-state index contributed by atoms with van der Waals surface area (Å²) in [4.78, 5) is 11.4. The van der Waals surface area contributed by atoms with E-state index in [0.29, 0.717) is 10.7 Å². The van der Waals surface area contributed by atoms with Gasteiger partial charge in [0.2, 0.25) is 0 Å². The Hall–Kier alpha value is -0.880. The largest absolute Gasteiger partial charge is 0.362 e. The van der Waals surface area contributed by atoms with Crippen molar-refractivity contribution in [3.8, 4) is 0 Å². The van der Waals surface area contributed by atoms with Gasteiger partial charge in [-0.25, -0.2) is 4.31 Å². The zero-order chi connectivity index (χ0) is 19.0. The minimum absolute atomic E-state index is 0.0156. The molecular formula is C19H37NO4S. The van der Waals surface area contributed by atoms with Crippen molar-refractivity contribution in [3.63, 3.8) is 0 Å². The Labute approximate surface area is 154 Å². The lowest BCUT2D eigenvalue weighted by atomic mass is 10.0. The molecule has 0 radical (unpaired) electrons. The topological polar surface area (TPSA) is 74.7 Å². The second kappa shape index (κ2) is 15.4. The summed E-state index contributed by atoms with van der Waals surface area (Å²) < 4.78 is 31.7. The lowest BCUT2D eigenvalue weighted by Gasteiger charge is -2.16. The molecule has 0 aromatic heterocycles. The van der Waals surface area contributed by atoms with Gasteiger partial charge in [0.05, 0.1) is 0 Å². The minimum atomic E-state index is -4.48. The van der Waals surface area contributed by atoms with Crippen LogP contribution >= 0.6 is 0 Å². The summed E-state index contributed by atoms with van der Waals surface area (Å²) in [5, 5.41) is 0. The number of amides is 1. The van der Waals surface area contributed by atoms with Crippen LogP contribution in [0.3, 0.4) is 0 Å². The first-order valence-electron chi connectivity index (χ1n) is 9.85. The average molecular weight is 376 g/mol. The van der Waals surface area contributed by atoms with Crippen LogP contribution in [0.2, 0.25) is 0 Å². The summed E-state index contributed by atoms with van der Waals surface area (Å²) in [5.74, 6) is -0.780. The van der Waals surface area contributed by atoms with Gasteiger partial charge >= 0.3 is 10.3 Å². The van der Waals surface area contributed by atoms with Gasteiger partial charge in [0.25, 0.3) is 5.91 Å². The standard InChI is InChI=1S/C19H37NO4S/c1-3-5-6-7-8-9-10-11-12-13-14-15-16-17-18-20(19(21)4-2)25(22,23)24/h4H,2-3,5-18H2,1H3,(H,22,23,24). The number of hydrogen-bond donors (Lipinski definition) is 1. The molecule has 1 amide bonds. The van der Waals surface area contributed by atoms with E-state index in [0.717, 1.165) is 25.3 Å². The van der Waals surface area contributed by atoms with E-state index >= 15 is 0 Å². The Kier molecular flexibility index (Phi) is 14.8. The van der Waals surface area contributed by atoms with Gasteiger partial charge in [-0.2, -0.15) is 8.42 Å². The number of carbonyl (C=O) groups is 1. The first-order chi connectivity index (χ1) is 11.9. The van der Waals surface area contributed by atoms with E-state index < -0.39 is 16.2 Å². The fourth-order valence-electron chi connectivity index (χ4n) is 2.89. The van der Waals surface area contributed by atoms with Crippen LogP contribution in [0.1, 0.15) is 96.8 Å².